The molecular weight excluding hydrogens is 402 g/mol. The molecule has 28 heavy (non-hydrogen) atoms. The molecule has 3 fully saturated rings. The summed E-state index contributed by atoms with van der Waals surface area (Å²) in [6.07, 6.45) is -6.43. The smallest absolute Gasteiger partial charge is 0.362 e. The molecule has 0 aromatic heterocycles. The highest BCUT2D eigenvalue weighted by molar-refractivity contribution is 7.80. The first-order chi connectivity index (χ1) is 12.8. The van der Waals surface area contributed by atoms with Crippen molar-refractivity contribution in [1.29, 1.82) is 0 Å². The first kappa shape index (κ1) is 21.2. The number of thiocarbonyl (C=S) groups is 1. The summed E-state index contributed by atoms with van der Waals surface area (Å²) in [5.74, 6) is 1.73. The average Bonchev–Trinajstić information content (AvgIpc) is 2.58. The highest BCUT2D eigenvalue weighted by atomic mass is 32.1. The highest BCUT2D eigenvalue weighted by Gasteiger charge is 2.52. The van der Waals surface area contributed by atoms with Crippen LogP contribution in [-0.2, 0) is 12.4 Å². The largest absolute Gasteiger partial charge is 0.416 e. The minimum Gasteiger partial charge on any atom is -0.362 e. The second kappa shape index (κ2) is 7.07. The SMILES string of the molecule is CC1(C)[C@@H]2CC(CNC(=S)Nc3cc(C(F)(F)F)cc(C(F)(F)F)c3)C[C@H]1C2. The van der Waals surface area contributed by atoms with Crippen molar-refractivity contribution in [3.05, 3.63) is 29.3 Å². The number of benzene rings is 1. The number of nitrogens with one attached hydrogen (secondary N) is 2. The Labute approximate surface area is 165 Å². The van der Waals surface area contributed by atoms with Crippen molar-refractivity contribution in [1.82, 2.24) is 5.32 Å². The van der Waals surface area contributed by atoms with E-state index in [1.807, 2.05) is 0 Å². The third kappa shape index (κ3) is 4.39. The molecule has 0 saturated heterocycles. The Balaban J connectivity index is 1.62. The van der Waals surface area contributed by atoms with Gasteiger partial charge in [0.25, 0.3) is 0 Å². The van der Waals surface area contributed by atoms with E-state index in [4.69, 9.17) is 12.2 Å². The maximum atomic E-state index is 12.9. The zero-order valence-corrected chi connectivity index (χ0v) is 16.3. The Kier molecular flexibility index (Phi) is 5.36. The van der Waals surface area contributed by atoms with Crippen LogP contribution in [0.2, 0.25) is 0 Å². The number of halogens is 6. The van der Waals surface area contributed by atoms with Crippen molar-refractivity contribution < 1.29 is 26.3 Å². The second-order valence-electron chi connectivity index (χ2n) is 8.42. The Morgan fingerprint density at radius 3 is 1.89 bits per heavy atom. The van der Waals surface area contributed by atoms with Crippen LogP contribution >= 0.6 is 12.2 Å². The number of fused-ring (bicyclic) bond motifs is 2. The van der Waals surface area contributed by atoms with Crippen molar-refractivity contribution in [3.8, 4) is 0 Å². The van der Waals surface area contributed by atoms with E-state index in [9.17, 15) is 26.3 Å². The standard InChI is InChI=1S/C19H22F6N2S/c1-17(2)11-3-10(4-12(17)5-11)9-26-16(28)27-15-7-13(18(20,21)22)6-14(8-15)19(23,24)25/h6-8,10-12H,3-5,9H2,1-2H3,(H2,26,27,28)/t10?,11-,12+. The predicted molar refractivity (Wildman–Crippen MR) is 98.8 cm³/mol. The molecule has 4 rings (SSSR count). The lowest BCUT2D eigenvalue weighted by molar-refractivity contribution is -0.143. The molecule has 1 unspecified atom stereocenters. The molecule has 1 aromatic rings. The lowest BCUT2D eigenvalue weighted by Gasteiger charge is -2.59. The fraction of sp³-hybridized carbons (Fsp3) is 0.632. The summed E-state index contributed by atoms with van der Waals surface area (Å²) in [6, 6.07) is 1.35. The van der Waals surface area contributed by atoms with Crippen LogP contribution in [0, 0.1) is 23.2 Å². The monoisotopic (exact) mass is 424 g/mol. The molecule has 0 amide bonds. The van der Waals surface area contributed by atoms with Gasteiger partial charge in [0, 0.05) is 12.2 Å². The van der Waals surface area contributed by atoms with E-state index in [0.29, 0.717) is 41.8 Å². The van der Waals surface area contributed by atoms with Gasteiger partial charge in [-0.3, -0.25) is 0 Å². The molecule has 0 spiro atoms. The van der Waals surface area contributed by atoms with Crippen LogP contribution < -0.4 is 10.6 Å². The third-order valence-corrected chi connectivity index (χ3v) is 6.55. The van der Waals surface area contributed by atoms with Gasteiger partial charge in [-0.15, -0.1) is 0 Å². The molecule has 2 N–H and O–H groups in total. The lowest BCUT2D eigenvalue weighted by atomic mass is 9.47. The Bertz CT molecular complexity index is 710. The van der Waals surface area contributed by atoms with Crippen molar-refractivity contribution in [2.45, 2.75) is 45.5 Å². The van der Waals surface area contributed by atoms with Crippen molar-refractivity contribution in [3.63, 3.8) is 0 Å². The van der Waals surface area contributed by atoms with E-state index in [1.165, 1.54) is 6.42 Å². The van der Waals surface area contributed by atoms with E-state index >= 15 is 0 Å². The molecule has 3 aliphatic rings. The van der Waals surface area contributed by atoms with Crippen molar-refractivity contribution in [2.75, 3.05) is 11.9 Å². The summed E-state index contributed by atoms with van der Waals surface area (Å²) in [4.78, 5) is 0. The number of hydrogen-bond acceptors (Lipinski definition) is 1. The topological polar surface area (TPSA) is 24.1 Å². The molecule has 156 valence electrons. The van der Waals surface area contributed by atoms with E-state index in [2.05, 4.69) is 24.5 Å². The maximum absolute atomic E-state index is 12.9. The first-order valence-corrected chi connectivity index (χ1v) is 9.52. The van der Waals surface area contributed by atoms with E-state index < -0.39 is 23.5 Å². The normalized spacial score (nSPS) is 26.4. The minimum absolute atomic E-state index is 0.0194. The molecule has 1 aromatic carbocycles. The Hall–Kier alpha value is -1.51. The lowest BCUT2D eigenvalue weighted by Crippen LogP contribution is -2.52. The number of anilines is 1. The van der Waals surface area contributed by atoms with Crippen molar-refractivity contribution in [2.24, 2.45) is 23.2 Å². The van der Waals surface area contributed by atoms with Crippen LogP contribution in [0.25, 0.3) is 0 Å². The second-order valence-corrected chi connectivity index (χ2v) is 8.83. The van der Waals surface area contributed by atoms with Gasteiger partial charge in [0.15, 0.2) is 5.11 Å². The zero-order valence-electron chi connectivity index (χ0n) is 15.5. The molecule has 0 radical (unpaired) electrons. The number of hydrogen-bond donors (Lipinski definition) is 2. The van der Waals surface area contributed by atoms with Gasteiger partial charge in [0.05, 0.1) is 11.1 Å². The van der Waals surface area contributed by atoms with Crippen LogP contribution in [0.1, 0.15) is 44.2 Å². The number of rotatable bonds is 3. The van der Waals surface area contributed by atoms with Gasteiger partial charge in [-0.05, 0) is 72.8 Å². The summed E-state index contributed by atoms with van der Waals surface area (Å²) in [5, 5.41) is 5.43. The van der Waals surface area contributed by atoms with Crippen LogP contribution in [0.4, 0.5) is 32.0 Å². The molecule has 9 heteroatoms. The molecule has 3 saturated carbocycles. The van der Waals surface area contributed by atoms with Gasteiger partial charge >= 0.3 is 12.4 Å². The van der Waals surface area contributed by atoms with Crippen LogP contribution in [0.15, 0.2) is 18.2 Å². The third-order valence-electron chi connectivity index (χ3n) is 6.31. The summed E-state index contributed by atoms with van der Waals surface area (Å²) < 4.78 is 77.5. The van der Waals surface area contributed by atoms with E-state index in [-0.39, 0.29) is 16.9 Å². The molecule has 2 nitrogen and oxygen atoms in total. The van der Waals surface area contributed by atoms with E-state index in [1.54, 1.807) is 0 Å². The van der Waals surface area contributed by atoms with Gasteiger partial charge < -0.3 is 10.6 Å². The van der Waals surface area contributed by atoms with E-state index in [0.717, 1.165) is 12.8 Å². The fourth-order valence-electron chi connectivity index (χ4n) is 4.43. The Morgan fingerprint density at radius 1 is 0.964 bits per heavy atom. The highest BCUT2D eigenvalue weighted by Crippen LogP contribution is 2.60. The van der Waals surface area contributed by atoms with Gasteiger partial charge in [0.2, 0.25) is 0 Å². The Morgan fingerprint density at radius 2 is 1.46 bits per heavy atom. The predicted octanol–water partition coefficient (Wildman–Crippen LogP) is 6.08. The zero-order chi connectivity index (χ0) is 20.9. The van der Waals surface area contributed by atoms with Crippen molar-refractivity contribution >= 4 is 23.0 Å². The quantitative estimate of drug-likeness (QED) is 0.454. The van der Waals surface area contributed by atoms with Crippen LogP contribution in [0.5, 0.6) is 0 Å². The molecular formula is C19H22F6N2S. The molecule has 0 aliphatic heterocycles. The maximum Gasteiger partial charge on any atom is 0.416 e. The van der Waals surface area contributed by atoms with Gasteiger partial charge in [0.1, 0.15) is 0 Å². The van der Waals surface area contributed by atoms with Crippen LogP contribution in [-0.4, -0.2) is 11.7 Å². The van der Waals surface area contributed by atoms with Gasteiger partial charge in [-0.25, -0.2) is 0 Å². The summed E-state index contributed by atoms with van der Waals surface area (Å²) in [6.45, 7) is 5.10. The average molecular weight is 424 g/mol. The van der Waals surface area contributed by atoms with Gasteiger partial charge in [-0.1, -0.05) is 13.8 Å². The molecule has 3 aliphatic carbocycles. The fourth-order valence-corrected chi connectivity index (χ4v) is 4.63. The number of alkyl halides is 6. The molecule has 0 heterocycles. The van der Waals surface area contributed by atoms with Gasteiger partial charge in [-0.2, -0.15) is 26.3 Å². The molecule has 3 atom stereocenters. The van der Waals surface area contributed by atoms with Crippen LogP contribution in [0.3, 0.4) is 0 Å². The molecule has 2 bridgehead atoms. The summed E-state index contributed by atoms with van der Waals surface area (Å²) in [5.41, 5.74) is -2.72. The summed E-state index contributed by atoms with van der Waals surface area (Å²) >= 11 is 5.08. The minimum atomic E-state index is -4.89. The first-order valence-electron chi connectivity index (χ1n) is 9.11. The summed E-state index contributed by atoms with van der Waals surface area (Å²) in [7, 11) is 0.